The minimum absolute atomic E-state index is 0.000966. The van der Waals surface area contributed by atoms with E-state index in [1.165, 1.54) is 12.4 Å². The largest absolute Gasteiger partial charge is 0.473 e. The Morgan fingerprint density at radius 1 is 1.30 bits per heavy atom. The smallest absolute Gasteiger partial charge is 0.408 e. The highest BCUT2D eigenvalue weighted by molar-refractivity contribution is 5.63. The molecule has 0 aliphatic carbocycles. The fraction of sp³-hybridized carbons (Fsp3) is 0.389. The normalized spacial score (nSPS) is 15.6. The third-order valence-electron chi connectivity index (χ3n) is 4.33. The second-order valence-corrected chi connectivity index (χ2v) is 6.21. The van der Waals surface area contributed by atoms with Crippen molar-refractivity contribution >= 4 is 6.21 Å². The average Bonchev–Trinajstić information content (AvgIpc) is 3.00. The number of nitrogens with zero attached hydrogens (tertiary/aromatic N) is 4. The SMILES string of the molecule is Cc1ccc(-c2noc(C)c2COC2=CN=CCN2C(C)C(F)(F)F)cn1. The number of rotatable bonds is 5. The van der Waals surface area contributed by atoms with Gasteiger partial charge in [-0.05, 0) is 32.9 Å². The van der Waals surface area contributed by atoms with Crippen LogP contribution in [-0.2, 0) is 11.3 Å². The number of halogens is 3. The molecule has 0 spiro atoms. The zero-order valence-corrected chi connectivity index (χ0v) is 15.1. The van der Waals surface area contributed by atoms with Crippen molar-refractivity contribution in [2.24, 2.45) is 4.99 Å². The number of pyridine rings is 1. The van der Waals surface area contributed by atoms with Crippen molar-refractivity contribution in [3.05, 3.63) is 47.4 Å². The average molecular weight is 380 g/mol. The number of hydrogen-bond acceptors (Lipinski definition) is 6. The third-order valence-corrected chi connectivity index (χ3v) is 4.33. The first-order valence-corrected chi connectivity index (χ1v) is 8.33. The highest BCUT2D eigenvalue weighted by Crippen LogP contribution is 2.30. The first kappa shape index (κ1) is 18.9. The second kappa shape index (κ2) is 7.42. The summed E-state index contributed by atoms with van der Waals surface area (Å²) in [4.78, 5) is 9.26. The Hall–Kier alpha value is -2.84. The van der Waals surface area contributed by atoms with Crippen molar-refractivity contribution in [2.45, 2.75) is 39.6 Å². The highest BCUT2D eigenvalue weighted by atomic mass is 19.4. The van der Waals surface area contributed by atoms with Crippen LogP contribution >= 0.6 is 0 Å². The van der Waals surface area contributed by atoms with Crippen molar-refractivity contribution in [1.29, 1.82) is 0 Å². The molecule has 3 rings (SSSR count). The fourth-order valence-corrected chi connectivity index (χ4v) is 2.60. The molecule has 6 nitrogen and oxygen atoms in total. The Kier molecular flexibility index (Phi) is 5.20. The van der Waals surface area contributed by atoms with E-state index in [1.54, 1.807) is 13.1 Å². The van der Waals surface area contributed by atoms with Crippen molar-refractivity contribution in [1.82, 2.24) is 15.0 Å². The molecule has 2 aromatic rings. The van der Waals surface area contributed by atoms with Gasteiger partial charge in [0, 0.05) is 23.7 Å². The third kappa shape index (κ3) is 4.12. The number of alkyl halides is 3. The van der Waals surface area contributed by atoms with Crippen LogP contribution in [0.2, 0.25) is 0 Å². The first-order chi connectivity index (χ1) is 12.8. The molecule has 2 aromatic heterocycles. The van der Waals surface area contributed by atoms with E-state index in [2.05, 4.69) is 15.1 Å². The maximum Gasteiger partial charge on any atom is 0.408 e. The highest BCUT2D eigenvalue weighted by Gasteiger charge is 2.41. The standard InChI is InChI=1S/C18H19F3N4O2/c1-11-4-5-14(8-23-11)17-15(12(2)27-24-17)10-26-16-9-22-6-7-25(16)13(3)18(19,20)21/h4-6,8-9,13H,7,10H2,1-3H3. The van der Waals surface area contributed by atoms with E-state index < -0.39 is 12.2 Å². The van der Waals surface area contributed by atoms with Gasteiger partial charge in [0.1, 0.15) is 24.1 Å². The zero-order chi connectivity index (χ0) is 19.6. The molecule has 0 saturated carbocycles. The molecule has 0 aromatic carbocycles. The Morgan fingerprint density at radius 3 is 2.74 bits per heavy atom. The minimum Gasteiger partial charge on any atom is -0.473 e. The fourth-order valence-electron chi connectivity index (χ4n) is 2.60. The van der Waals surface area contributed by atoms with Crippen LogP contribution in [0.5, 0.6) is 0 Å². The van der Waals surface area contributed by atoms with E-state index in [0.717, 1.165) is 23.1 Å². The molecule has 0 N–H and O–H groups in total. The summed E-state index contributed by atoms with van der Waals surface area (Å²) >= 11 is 0. The lowest BCUT2D eigenvalue weighted by Gasteiger charge is -2.33. The quantitative estimate of drug-likeness (QED) is 0.784. The number of aromatic nitrogens is 2. The molecule has 0 amide bonds. The van der Waals surface area contributed by atoms with Crippen LogP contribution in [0.3, 0.4) is 0 Å². The lowest BCUT2D eigenvalue weighted by Crippen LogP contribution is -2.45. The molecule has 1 aliphatic heterocycles. The van der Waals surface area contributed by atoms with Gasteiger partial charge >= 0.3 is 6.18 Å². The zero-order valence-electron chi connectivity index (χ0n) is 15.1. The van der Waals surface area contributed by atoms with Crippen LogP contribution in [-0.4, -0.2) is 40.0 Å². The molecule has 1 atom stereocenters. The molecule has 0 saturated heterocycles. The van der Waals surface area contributed by atoms with Gasteiger partial charge < -0.3 is 14.2 Å². The maximum atomic E-state index is 13.1. The number of aliphatic imine (C=N–C) groups is 1. The van der Waals surface area contributed by atoms with E-state index in [4.69, 9.17) is 9.26 Å². The minimum atomic E-state index is -4.38. The summed E-state index contributed by atoms with van der Waals surface area (Å²) in [7, 11) is 0. The van der Waals surface area contributed by atoms with E-state index in [1.807, 2.05) is 19.1 Å². The van der Waals surface area contributed by atoms with Crippen LogP contribution in [0.25, 0.3) is 11.3 Å². The molecule has 27 heavy (non-hydrogen) atoms. The molecule has 0 radical (unpaired) electrons. The number of ether oxygens (including phenoxy) is 1. The number of aryl methyl sites for hydroxylation is 2. The van der Waals surface area contributed by atoms with E-state index in [0.29, 0.717) is 17.0 Å². The summed E-state index contributed by atoms with van der Waals surface area (Å²) in [5.41, 5.74) is 2.80. The summed E-state index contributed by atoms with van der Waals surface area (Å²) in [6.45, 7) is 4.70. The second-order valence-electron chi connectivity index (χ2n) is 6.21. The van der Waals surface area contributed by atoms with Gasteiger partial charge in [0.25, 0.3) is 0 Å². The van der Waals surface area contributed by atoms with Gasteiger partial charge in [0.2, 0.25) is 5.88 Å². The van der Waals surface area contributed by atoms with Crippen molar-refractivity contribution in [3.8, 4) is 11.3 Å². The molecular formula is C18H19F3N4O2. The maximum absolute atomic E-state index is 13.1. The molecular weight excluding hydrogens is 361 g/mol. The van der Waals surface area contributed by atoms with Gasteiger partial charge in [0.15, 0.2) is 0 Å². The summed E-state index contributed by atoms with van der Waals surface area (Å²) in [5.74, 6) is 0.580. The lowest BCUT2D eigenvalue weighted by atomic mass is 10.1. The lowest BCUT2D eigenvalue weighted by molar-refractivity contribution is -0.178. The summed E-state index contributed by atoms with van der Waals surface area (Å²) in [6.07, 6.45) is -0.0252. The van der Waals surface area contributed by atoms with Gasteiger partial charge in [-0.2, -0.15) is 13.2 Å². The summed E-state index contributed by atoms with van der Waals surface area (Å²) in [5, 5.41) is 4.04. The number of hydrogen-bond donors (Lipinski definition) is 0. The van der Waals surface area contributed by atoms with Gasteiger partial charge in [-0.3, -0.25) is 9.98 Å². The van der Waals surface area contributed by atoms with Crippen LogP contribution in [0.4, 0.5) is 13.2 Å². The van der Waals surface area contributed by atoms with E-state index in [-0.39, 0.29) is 19.0 Å². The molecule has 0 fully saturated rings. The first-order valence-electron chi connectivity index (χ1n) is 8.33. The Morgan fingerprint density at radius 2 is 2.07 bits per heavy atom. The molecule has 9 heteroatoms. The topological polar surface area (TPSA) is 63.8 Å². The Bertz CT molecular complexity index is 856. The van der Waals surface area contributed by atoms with Gasteiger partial charge in [0.05, 0.1) is 18.3 Å². The van der Waals surface area contributed by atoms with Gasteiger partial charge in [-0.25, -0.2) is 0 Å². The Balaban J connectivity index is 1.80. The molecule has 1 aliphatic rings. The van der Waals surface area contributed by atoms with Crippen molar-refractivity contribution in [3.63, 3.8) is 0 Å². The van der Waals surface area contributed by atoms with E-state index in [9.17, 15) is 13.2 Å². The monoisotopic (exact) mass is 380 g/mol. The van der Waals surface area contributed by atoms with Gasteiger partial charge in [-0.15, -0.1) is 0 Å². The molecule has 0 bridgehead atoms. The van der Waals surface area contributed by atoms with Crippen molar-refractivity contribution < 1.29 is 22.4 Å². The molecule has 3 heterocycles. The van der Waals surface area contributed by atoms with Crippen molar-refractivity contribution in [2.75, 3.05) is 6.54 Å². The predicted molar refractivity (Wildman–Crippen MR) is 92.8 cm³/mol. The van der Waals surface area contributed by atoms with Crippen LogP contribution < -0.4 is 0 Å². The molecule has 1 unspecified atom stereocenters. The van der Waals surface area contributed by atoms with Gasteiger partial charge in [-0.1, -0.05) is 5.16 Å². The van der Waals surface area contributed by atoms with Crippen LogP contribution in [0.15, 0.2) is 39.9 Å². The summed E-state index contributed by atoms with van der Waals surface area (Å²) in [6, 6.07) is 2.00. The Labute approximate surface area is 154 Å². The van der Waals surface area contributed by atoms with Crippen LogP contribution in [0, 0.1) is 13.8 Å². The summed E-state index contributed by atoms with van der Waals surface area (Å²) < 4.78 is 50.2. The molecule has 144 valence electrons. The predicted octanol–water partition coefficient (Wildman–Crippen LogP) is 4.01. The van der Waals surface area contributed by atoms with E-state index >= 15 is 0 Å². The van der Waals surface area contributed by atoms with Crippen LogP contribution in [0.1, 0.15) is 23.9 Å².